The van der Waals surface area contributed by atoms with Crippen LogP contribution in [0.3, 0.4) is 0 Å². The van der Waals surface area contributed by atoms with Gasteiger partial charge in [0.25, 0.3) is 0 Å². The molecular weight excluding hydrogens is 261 g/mol. The van der Waals surface area contributed by atoms with Crippen LogP contribution in [0.25, 0.3) is 0 Å². The summed E-state index contributed by atoms with van der Waals surface area (Å²) in [7, 11) is 0. The number of hydrogen-bond donors (Lipinski definition) is 0. The van der Waals surface area contributed by atoms with E-state index in [0.29, 0.717) is 17.1 Å². The number of halogens is 2. The molecule has 88 valence electrons. The maximum Gasteiger partial charge on any atom is 0.223 e. The van der Waals surface area contributed by atoms with Crippen LogP contribution in [0.5, 0.6) is 0 Å². The van der Waals surface area contributed by atoms with Crippen LogP contribution in [0, 0.1) is 5.82 Å². The second-order valence-electron chi connectivity index (χ2n) is 3.18. The smallest absolute Gasteiger partial charge is 0.223 e. The van der Waals surface area contributed by atoms with Crippen LogP contribution in [-0.4, -0.2) is 15.0 Å². The Labute approximate surface area is 107 Å². The zero-order valence-electron chi connectivity index (χ0n) is 9.02. The van der Waals surface area contributed by atoms with E-state index in [2.05, 4.69) is 15.0 Å². The van der Waals surface area contributed by atoms with Crippen molar-refractivity contribution in [1.82, 2.24) is 15.0 Å². The quantitative estimate of drug-likeness (QED) is 0.632. The average molecular weight is 270 g/mol. The van der Waals surface area contributed by atoms with E-state index in [1.807, 2.05) is 13.0 Å². The molecule has 0 atom stereocenters. The van der Waals surface area contributed by atoms with Crippen molar-refractivity contribution in [2.24, 2.45) is 0 Å². The number of aryl methyl sites for hydroxylation is 1. The van der Waals surface area contributed by atoms with Crippen molar-refractivity contribution in [1.29, 1.82) is 0 Å². The fraction of sp³-hybridized carbons (Fsp3) is 0.182. The molecule has 6 heteroatoms. The van der Waals surface area contributed by atoms with E-state index in [1.54, 1.807) is 18.3 Å². The van der Waals surface area contributed by atoms with Crippen LogP contribution < -0.4 is 0 Å². The van der Waals surface area contributed by atoms with Crippen molar-refractivity contribution in [2.45, 2.75) is 23.4 Å². The first-order valence-corrected chi connectivity index (χ1v) is 6.21. The first-order valence-electron chi connectivity index (χ1n) is 5.01. The maximum atomic E-state index is 13.9. The van der Waals surface area contributed by atoms with Gasteiger partial charge in [-0.25, -0.2) is 19.3 Å². The Hall–Kier alpha value is -1.20. The number of nitrogens with zero attached hydrogens (tertiary/aromatic N) is 3. The topological polar surface area (TPSA) is 38.7 Å². The van der Waals surface area contributed by atoms with Crippen molar-refractivity contribution in [3.63, 3.8) is 0 Å². The molecule has 0 spiro atoms. The van der Waals surface area contributed by atoms with Gasteiger partial charge >= 0.3 is 0 Å². The van der Waals surface area contributed by atoms with Gasteiger partial charge in [-0.2, -0.15) is 0 Å². The summed E-state index contributed by atoms with van der Waals surface area (Å²) in [6.45, 7) is 1.82. The van der Waals surface area contributed by atoms with Gasteiger partial charge in [0.15, 0.2) is 5.82 Å². The number of aromatic nitrogens is 3. The molecule has 0 N–H and O–H groups in total. The van der Waals surface area contributed by atoms with Gasteiger partial charge in [-0.3, -0.25) is 0 Å². The van der Waals surface area contributed by atoms with Gasteiger partial charge in [0, 0.05) is 6.20 Å². The van der Waals surface area contributed by atoms with E-state index in [1.165, 1.54) is 0 Å². The van der Waals surface area contributed by atoms with Gasteiger partial charge < -0.3 is 0 Å². The lowest BCUT2D eigenvalue weighted by Crippen LogP contribution is -1.99. The summed E-state index contributed by atoms with van der Waals surface area (Å²) in [5.41, 5.74) is 0.323. The highest BCUT2D eigenvalue weighted by Gasteiger charge is 2.13. The molecule has 0 aliphatic rings. The SMILES string of the molecule is CCc1nc(Cl)nc(Sc2ccccn2)c1F. The third-order valence-electron chi connectivity index (χ3n) is 2.04. The van der Waals surface area contributed by atoms with Gasteiger partial charge in [0.05, 0.1) is 5.69 Å². The highest BCUT2D eigenvalue weighted by molar-refractivity contribution is 7.99. The minimum absolute atomic E-state index is 0.0571. The van der Waals surface area contributed by atoms with Gasteiger partial charge in [-0.05, 0) is 41.9 Å². The lowest BCUT2D eigenvalue weighted by Gasteiger charge is -2.05. The Morgan fingerprint density at radius 3 is 2.82 bits per heavy atom. The van der Waals surface area contributed by atoms with Crippen LogP contribution in [0.4, 0.5) is 4.39 Å². The zero-order chi connectivity index (χ0) is 12.3. The first kappa shape index (κ1) is 12.3. The highest BCUT2D eigenvalue weighted by Crippen LogP contribution is 2.28. The molecule has 2 aromatic rings. The molecule has 0 aromatic carbocycles. The molecule has 2 aromatic heterocycles. The summed E-state index contributed by atoms with van der Waals surface area (Å²) < 4.78 is 13.9. The Bertz CT molecular complexity index is 522. The lowest BCUT2D eigenvalue weighted by molar-refractivity contribution is 0.559. The predicted octanol–water partition coefficient (Wildman–Crippen LogP) is 3.38. The standard InChI is InChI=1S/C11H9ClFN3S/c1-2-7-9(13)10(16-11(12)15-7)17-8-5-3-4-6-14-8/h3-6H,2H2,1H3. The van der Waals surface area contributed by atoms with Crippen molar-refractivity contribution in [2.75, 3.05) is 0 Å². The minimum atomic E-state index is -0.424. The van der Waals surface area contributed by atoms with Crippen LogP contribution in [0.2, 0.25) is 5.28 Å². The van der Waals surface area contributed by atoms with Gasteiger partial charge in [-0.15, -0.1) is 0 Å². The number of rotatable bonds is 3. The molecule has 0 aliphatic carbocycles. The van der Waals surface area contributed by atoms with Crippen molar-refractivity contribution < 1.29 is 4.39 Å². The molecule has 17 heavy (non-hydrogen) atoms. The van der Waals surface area contributed by atoms with Crippen LogP contribution in [-0.2, 0) is 6.42 Å². The molecule has 3 nitrogen and oxygen atoms in total. The summed E-state index contributed by atoms with van der Waals surface area (Å²) in [6, 6.07) is 5.41. The molecule has 0 saturated carbocycles. The third-order valence-corrected chi connectivity index (χ3v) is 3.12. The number of pyridine rings is 1. The van der Waals surface area contributed by atoms with E-state index < -0.39 is 5.82 Å². The highest BCUT2D eigenvalue weighted by atomic mass is 35.5. The molecule has 0 unspecified atom stereocenters. The molecule has 0 amide bonds. The monoisotopic (exact) mass is 269 g/mol. The van der Waals surface area contributed by atoms with E-state index in [4.69, 9.17) is 11.6 Å². The Kier molecular flexibility index (Phi) is 3.91. The van der Waals surface area contributed by atoms with E-state index in [-0.39, 0.29) is 10.3 Å². The fourth-order valence-corrected chi connectivity index (χ4v) is 2.28. The van der Waals surface area contributed by atoms with Gasteiger partial charge in [-0.1, -0.05) is 13.0 Å². The normalized spacial score (nSPS) is 10.5. The summed E-state index contributed by atoms with van der Waals surface area (Å²) in [6.07, 6.45) is 2.12. The van der Waals surface area contributed by atoms with E-state index in [0.717, 1.165) is 11.8 Å². The molecule has 2 heterocycles. The third kappa shape index (κ3) is 2.92. The molecule has 0 fully saturated rings. The van der Waals surface area contributed by atoms with Gasteiger partial charge in [0.2, 0.25) is 5.28 Å². The van der Waals surface area contributed by atoms with Crippen LogP contribution in [0.15, 0.2) is 34.4 Å². The maximum absolute atomic E-state index is 13.9. The molecule has 0 radical (unpaired) electrons. The number of hydrogen-bond acceptors (Lipinski definition) is 4. The van der Waals surface area contributed by atoms with Crippen LogP contribution >= 0.6 is 23.4 Å². The Balaban J connectivity index is 2.36. The second kappa shape index (κ2) is 5.42. The second-order valence-corrected chi connectivity index (χ2v) is 4.53. The summed E-state index contributed by atoms with van der Waals surface area (Å²) in [5, 5.41) is 0.936. The lowest BCUT2D eigenvalue weighted by atomic mass is 10.3. The van der Waals surface area contributed by atoms with E-state index >= 15 is 0 Å². The molecular formula is C11H9ClFN3S. The fourth-order valence-electron chi connectivity index (χ4n) is 1.25. The Morgan fingerprint density at radius 1 is 1.35 bits per heavy atom. The van der Waals surface area contributed by atoms with Gasteiger partial charge in [0.1, 0.15) is 10.1 Å². The molecule has 0 saturated heterocycles. The van der Waals surface area contributed by atoms with Crippen LogP contribution in [0.1, 0.15) is 12.6 Å². The largest absolute Gasteiger partial charge is 0.250 e. The average Bonchev–Trinajstić information content (AvgIpc) is 2.34. The molecule has 2 rings (SSSR count). The molecule has 0 bridgehead atoms. The first-order chi connectivity index (χ1) is 8.20. The molecule has 0 aliphatic heterocycles. The zero-order valence-corrected chi connectivity index (χ0v) is 10.6. The van der Waals surface area contributed by atoms with Crippen molar-refractivity contribution in [3.8, 4) is 0 Å². The summed E-state index contributed by atoms with van der Waals surface area (Å²) in [5.74, 6) is -0.424. The van der Waals surface area contributed by atoms with E-state index in [9.17, 15) is 4.39 Å². The minimum Gasteiger partial charge on any atom is -0.250 e. The predicted molar refractivity (Wildman–Crippen MR) is 64.7 cm³/mol. The Morgan fingerprint density at radius 2 is 2.18 bits per heavy atom. The van der Waals surface area contributed by atoms with Crippen molar-refractivity contribution in [3.05, 3.63) is 41.2 Å². The van der Waals surface area contributed by atoms with Crippen molar-refractivity contribution >= 4 is 23.4 Å². The summed E-state index contributed by atoms with van der Waals surface area (Å²) >= 11 is 6.88. The summed E-state index contributed by atoms with van der Waals surface area (Å²) in [4.78, 5) is 11.8.